The van der Waals surface area contributed by atoms with Crippen LogP contribution in [0.25, 0.3) is 0 Å². The molecular weight excluding hydrogens is 240 g/mol. The van der Waals surface area contributed by atoms with Crippen molar-refractivity contribution >= 4 is 23.2 Å². The number of carbonyl (C=O) groups excluding carboxylic acids is 1. The standard InChI is InChI=1S/C12H15ClN2O2/c1-7(2)8(3)14-15-12(17)10-6-9(13)4-5-11(10)16/h4-7,16H,1-3H3,(H,15,17)/b14-8-. The number of hydrazone groups is 1. The molecule has 0 bridgehead atoms. The predicted octanol–water partition coefficient (Wildman–Crippen LogP) is 2.81. The van der Waals surface area contributed by atoms with Crippen LogP contribution >= 0.6 is 11.6 Å². The lowest BCUT2D eigenvalue weighted by Gasteiger charge is -2.06. The van der Waals surface area contributed by atoms with Gasteiger partial charge in [-0.25, -0.2) is 5.43 Å². The number of benzene rings is 1. The Morgan fingerprint density at radius 2 is 2.12 bits per heavy atom. The predicted molar refractivity (Wildman–Crippen MR) is 68.5 cm³/mol. The normalized spacial score (nSPS) is 11.7. The Kier molecular flexibility index (Phi) is 4.52. The van der Waals surface area contributed by atoms with E-state index in [9.17, 15) is 9.90 Å². The average Bonchev–Trinajstić information content (AvgIpc) is 2.28. The van der Waals surface area contributed by atoms with Gasteiger partial charge >= 0.3 is 0 Å². The number of phenolic OH excluding ortho intramolecular Hbond substituents is 1. The smallest absolute Gasteiger partial charge is 0.275 e. The van der Waals surface area contributed by atoms with Gasteiger partial charge in [0.25, 0.3) is 5.91 Å². The fraction of sp³-hybridized carbons (Fsp3) is 0.333. The van der Waals surface area contributed by atoms with Crippen molar-refractivity contribution in [2.45, 2.75) is 20.8 Å². The molecule has 0 unspecified atom stereocenters. The third-order valence-corrected chi connectivity index (χ3v) is 2.61. The van der Waals surface area contributed by atoms with Gasteiger partial charge in [-0.05, 0) is 31.0 Å². The summed E-state index contributed by atoms with van der Waals surface area (Å²) in [6, 6.07) is 4.28. The van der Waals surface area contributed by atoms with E-state index in [-0.39, 0.29) is 17.2 Å². The Balaban J connectivity index is 2.84. The Bertz CT molecular complexity index is 456. The first kappa shape index (κ1) is 13.5. The molecule has 0 heterocycles. The molecule has 1 aromatic carbocycles. The van der Waals surface area contributed by atoms with Crippen molar-refractivity contribution in [1.29, 1.82) is 0 Å². The summed E-state index contributed by atoms with van der Waals surface area (Å²) in [6.45, 7) is 5.77. The van der Waals surface area contributed by atoms with Gasteiger partial charge in [0.1, 0.15) is 5.75 Å². The number of hydrogen-bond donors (Lipinski definition) is 2. The van der Waals surface area contributed by atoms with Crippen LogP contribution in [0, 0.1) is 5.92 Å². The first-order valence-electron chi connectivity index (χ1n) is 5.25. The molecule has 0 aliphatic carbocycles. The molecule has 1 aromatic rings. The number of hydrogen-bond acceptors (Lipinski definition) is 3. The van der Waals surface area contributed by atoms with E-state index in [1.165, 1.54) is 18.2 Å². The van der Waals surface area contributed by atoms with Crippen molar-refractivity contribution in [3.05, 3.63) is 28.8 Å². The van der Waals surface area contributed by atoms with Crippen LogP contribution in [0.4, 0.5) is 0 Å². The molecule has 5 heteroatoms. The molecule has 0 aromatic heterocycles. The Morgan fingerprint density at radius 3 is 2.71 bits per heavy atom. The second kappa shape index (κ2) is 5.68. The third kappa shape index (κ3) is 3.75. The number of aromatic hydroxyl groups is 1. The minimum absolute atomic E-state index is 0.109. The molecule has 0 saturated carbocycles. The lowest BCUT2D eigenvalue weighted by Crippen LogP contribution is -2.20. The van der Waals surface area contributed by atoms with E-state index in [2.05, 4.69) is 10.5 Å². The SMILES string of the molecule is C/C(=N/NC(=O)c1cc(Cl)ccc1O)C(C)C. The van der Waals surface area contributed by atoms with Crippen molar-refractivity contribution in [3.8, 4) is 5.75 Å². The number of nitrogens with one attached hydrogen (secondary N) is 1. The van der Waals surface area contributed by atoms with Crippen LogP contribution in [0.3, 0.4) is 0 Å². The average molecular weight is 255 g/mol. The lowest BCUT2D eigenvalue weighted by atomic mass is 10.1. The van der Waals surface area contributed by atoms with E-state index in [0.29, 0.717) is 5.02 Å². The van der Waals surface area contributed by atoms with Crippen LogP contribution in [-0.4, -0.2) is 16.7 Å². The van der Waals surface area contributed by atoms with Crippen molar-refractivity contribution in [3.63, 3.8) is 0 Å². The highest BCUT2D eigenvalue weighted by molar-refractivity contribution is 6.31. The highest BCUT2D eigenvalue weighted by Crippen LogP contribution is 2.21. The van der Waals surface area contributed by atoms with Crippen LogP contribution in [0.15, 0.2) is 23.3 Å². The third-order valence-electron chi connectivity index (χ3n) is 2.37. The van der Waals surface area contributed by atoms with Crippen LogP contribution < -0.4 is 5.43 Å². The summed E-state index contributed by atoms with van der Waals surface area (Å²) in [5, 5.41) is 13.8. The fourth-order valence-electron chi connectivity index (χ4n) is 1.02. The number of halogens is 1. The topological polar surface area (TPSA) is 61.7 Å². The number of rotatable bonds is 3. The number of amides is 1. The van der Waals surface area contributed by atoms with Crippen molar-refractivity contribution in [2.75, 3.05) is 0 Å². The Morgan fingerprint density at radius 1 is 1.47 bits per heavy atom. The summed E-state index contributed by atoms with van der Waals surface area (Å²) >= 11 is 5.75. The van der Waals surface area contributed by atoms with E-state index in [1.807, 2.05) is 20.8 Å². The zero-order chi connectivity index (χ0) is 13.0. The lowest BCUT2D eigenvalue weighted by molar-refractivity contribution is 0.0952. The number of carbonyl (C=O) groups is 1. The molecule has 0 aliphatic rings. The Hall–Kier alpha value is -1.55. The molecule has 0 fully saturated rings. The molecule has 0 atom stereocenters. The maximum absolute atomic E-state index is 11.7. The summed E-state index contributed by atoms with van der Waals surface area (Å²) in [5.74, 6) is -0.349. The van der Waals surface area contributed by atoms with E-state index in [4.69, 9.17) is 11.6 Å². The number of phenols is 1. The highest BCUT2D eigenvalue weighted by Gasteiger charge is 2.11. The van der Waals surface area contributed by atoms with Gasteiger partial charge in [0.15, 0.2) is 0 Å². The molecule has 17 heavy (non-hydrogen) atoms. The van der Waals surface area contributed by atoms with Gasteiger partial charge in [-0.2, -0.15) is 5.10 Å². The second-order valence-electron chi connectivity index (χ2n) is 4.01. The molecule has 1 amide bonds. The number of nitrogens with zero attached hydrogens (tertiary/aromatic N) is 1. The molecule has 1 rings (SSSR count). The minimum atomic E-state index is -0.481. The first-order valence-corrected chi connectivity index (χ1v) is 5.62. The molecule has 4 nitrogen and oxygen atoms in total. The van der Waals surface area contributed by atoms with E-state index < -0.39 is 5.91 Å². The van der Waals surface area contributed by atoms with Gasteiger partial charge in [-0.3, -0.25) is 4.79 Å². The Labute approximate surface area is 105 Å². The van der Waals surface area contributed by atoms with Gasteiger partial charge < -0.3 is 5.11 Å². The van der Waals surface area contributed by atoms with Crippen LogP contribution in [0.5, 0.6) is 5.75 Å². The van der Waals surface area contributed by atoms with Crippen LogP contribution in [-0.2, 0) is 0 Å². The molecule has 0 radical (unpaired) electrons. The largest absolute Gasteiger partial charge is 0.507 e. The van der Waals surface area contributed by atoms with E-state index >= 15 is 0 Å². The monoisotopic (exact) mass is 254 g/mol. The summed E-state index contributed by atoms with van der Waals surface area (Å²) in [5.41, 5.74) is 3.29. The zero-order valence-corrected chi connectivity index (χ0v) is 10.7. The second-order valence-corrected chi connectivity index (χ2v) is 4.45. The van der Waals surface area contributed by atoms with Crippen molar-refractivity contribution in [2.24, 2.45) is 11.0 Å². The van der Waals surface area contributed by atoms with E-state index in [1.54, 1.807) is 0 Å². The van der Waals surface area contributed by atoms with E-state index in [0.717, 1.165) is 5.71 Å². The molecule has 2 N–H and O–H groups in total. The highest BCUT2D eigenvalue weighted by atomic mass is 35.5. The summed E-state index contributed by atoms with van der Waals surface area (Å²) in [4.78, 5) is 11.7. The molecule has 0 saturated heterocycles. The summed E-state index contributed by atoms with van der Waals surface area (Å²) in [6.07, 6.45) is 0. The van der Waals surface area contributed by atoms with Gasteiger partial charge in [0.05, 0.1) is 5.56 Å². The van der Waals surface area contributed by atoms with Gasteiger partial charge in [-0.1, -0.05) is 25.4 Å². The fourth-order valence-corrected chi connectivity index (χ4v) is 1.19. The molecule has 0 spiro atoms. The van der Waals surface area contributed by atoms with Gasteiger partial charge in [0.2, 0.25) is 0 Å². The van der Waals surface area contributed by atoms with Gasteiger partial charge in [0, 0.05) is 10.7 Å². The summed E-state index contributed by atoms with van der Waals surface area (Å²) in [7, 11) is 0. The molecular formula is C12H15ClN2O2. The van der Waals surface area contributed by atoms with Crippen molar-refractivity contribution < 1.29 is 9.90 Å². The van der Waals surface area contributed by atoms with Crippen LogP contribution in [0.2, 0.25) is 5.02 Å². The zero-order valence-electron chi connectivity index (χ0n) is 9.99. The molecule has 92 valence electrons. The maximum Gasteiger partial charge on any atom is 0.275 e. The molecule has 0 aliphatic heterocycles. The van der Waals surface area contributed by atoms with Gasteiger partial charge in [-0.15, -0.1) is 0 Å². The summed E-state index contributed by atoms with van der Waals surface area (Å²) < 4.78 is 0. The van der Waals surface area contributed by atoms with Crippen molar-refractivity contribution in [1.82, 2.24) is 5.43 Å². The first-order chi connectivity index (χ1) is 7.91. The minimum Gasteiger partial charge on any atom is -0.507 e. The maximum atomic E-state index is 11.7. The quantitative estimate of drug-likeness (QED) is 0.644. The van der Waals surface area contributed by atoms with Crippen LogP contribution in [0.1, 0.15) is 31.1 Å².